The highest BCUT2D eigenvalue weighted by molar-refractivity contribution is 5.84. The van der Waals surface area contributed by atoms with Gasteiger partial charge < -0.3 is 5.11 Å². The molecule has 4 aromatic rings. The molecular formula is C23H18FN3O. The van der Waals surface area contributed by atoms with Gasteiger partial charge >= 0.3 is 0 Å². The van der Waals surface area contributed by atoms with E-state index in [0.29, 0.717) is 18.7 Å². The first-order chi connectivity index (χ1) is 13.7. The summed E-state index contributed by atoms with van der Waals surface area (Å²) in [7, 11) is 0. The van der Waals surface area contributed by atoms with Crippen molar-refractivity contribution in [3.05, 3.63) is 95.7 Å². The average molecular weight is 371 g/mol. The highest BCUT2D eigenvalue weighted by atomic mass is 19.1. The van der Waals surface area contributed by atoms with Gasteiger partial charge in [0.05, 0.1) is 11.2 Å². The number of fused-ring (bicyclic) bond motifs is 2. The van der Waals surface area contributed by atoms with E-state index in [1.807, 2.05) is 47.4 Å². The van der Waals surface area contributed by atoms with Crippen LogP contribution in [0.25, 0.3) is 22.0 Å². The maximum Gasteiger partial charge on any atom is 0.136 e. The van der Waals surface area contributed by atoms with Gasteiger partial charge in [0.2, 0.25) is 0 Å². The Hall–Kier alpha value is -3.15. The molecule has 5 heteroatoms. The van der Waals surface area contributed by atoms with Gasteiger partial charge in [-0.25, -0.2) is 4.39 Å². The second kappa shape index (κ2) is 6.78. The van der Waals surface area contributed by atoms with Crippen LogP contribution in [0, 0.1) is 5.82 Å². The van der Waals surface area contributed by atoms with Crippen LogP contribution >= 0.6 is 0 Å². The Morgan fingerprint density at radius 3 is 2.61 bits per heavy atom. The van der Waals surface area contributed by atoms with Crippen molar-refractivity contribution in [3.63, 3.8) is 0 Å². The standard InChI is InChI=1S/C23H18FN3O/c24-20-12-16(15-7-8-21-17(11-15)3-1-9-25-21)5-6-18(20)13-27-14-22-19(23(27)28)4-2-10-26-22/h1-12,23,28H,13-14H2. The minimum Gasteiger partial charge on any atom is -0.374 e. The van der Waals surface area contributed by atoms with Crippen molar-refractivity contribution in [2.75, 3.05) is 0 Å². The topological polar surface area (TPSA) is 49.3 Å². The Kier molecular flexibility index (Phi) is 4.11. The molecule has 0 radical (unpaired) electrons. The van der Waals surface area contributed by atoms with E-state index in [1.165, 1.54) is 0 Å². The van der Waals surface area contributed by atoms with Crippen LogP contribution < -0.4 is 0 Å². The number of aromatic nitrogens is 2. The van der Waals surface area contributed by atoms with Gasteiger partial charge in [-0.05, 0) is 41.5 Å². The molecule has 2 aromatic carbocycles. The molecule has 3 heterocycles. The van der Waals surface area contributed by atoms with Gasteiger partial charge in [0.1, 0.15) is 12.0 Å². The molecule has 4 nitrogen and oxygen atoms in total. The number of pyridine rings is 2. The average Bonchev–Trinajstić information content (AvgIpc) is 3.05. The molecule has 28 heavy (non-hydrogen) atoms. The molecule has 0 amide bonds. The zero-order valence-corrected chi connectivity index (χ0v) is 15.1. The molecule has 1 unspecified atom stereocenters. The molecule has 0 bridgehead atoms. The Morgan fingerprint density at radius 1 is 0.964 bits per heavy atom. The molecule has 1 N–H and O–H groups in total. The van der Waals surface area contributed by atoms with Gasteiger partial charge in [-0.2, -0.15) is 0 Å². The molecule has 138 valence electrons. The molecule has 0 spiro atoms. The second-order valence-electron chi connectivity index (χ2n) is 7.04. The van der Waals surface area contributed by atoms with Crippen LogP contribution in [0.1, 0.15) is 23.0 Å². The first kappa shape index (κ1) is 17.0. The summed E-state index contributed by atoms with van der Waals surface area (Å²) < 4.78 is 14.8. The Morgan fingerprint density at radius 2 is 1.75 bits per heavy atom. The summed E-state index contributed by atoms with van der Waals surface area (Å²) in [5.74, 6) is -0.278. The number of aliphatic hydroxyl groups is 1. The first-order valence-corrected chi connectivity index (χ1v) is 9.18. The lowest BCUT2D eigenvalue weighted by Gasteiger charge is -2.20. The minimum atomic E-state index is -0.754. The summed E-state index contributed by atoms with van der Waals surface area (Å²) in [5.41, 5.74) is 4.88. The van der Waals surface area contributed by atoms with Crippen LogP contribution in [-0.4, -0.2) is 20.0 Å². The summed E-state index contributed by atoms with van der Waals surface area (Å²) in [6.45, 7) is 0.835. The Balaban J connectivity index is 1.41. The van der Waals surface area contributed by atoms with E-state index in [9.17, 15) is 9.50 Å². The van der Waals surface area contributed by atoms with Crippen LogP contribution in [-0.2, 0) is 13.1 Å². The lowest BCUT2D eigenvalue weighted by Crippen LogP contribution is -2.22. The van der Waals surface area contributed by atoms with Crippen molar-refractivity contribution in [3.8, 4) is 11.1 Å². The van der Waals surface area contributed by atoms with Crippen molar-refractivity contribution < 1.29 is 9.50 Å². The third-order valence-corrected chi connectivity index (χ3v) is 5.27. The lowest BCUT2D eigenvalue weighted by atomic mass is 10.0. The van der Waals surface area contributed by atoms with E-state index in [2.05, 4.69) is 9.97 Å². The maximum absolute atomic E-state index is 14.8. The normalized spacial score (nSPS) is 16.4. The number of aliphatic hydroxyl groups excluding tert-OH is 1. The van der Waals surface area contributed by atoms with Crippen molar-refractivity contribution in [1.29, 1.82) is 0 Å². The number of nitrogens with zero attached hydrogens (tertiary/aromatic N) is 3. The SMILES string of the molecule is OC1c2cccnc2CN1Cc1ccc(-c2ccc3ncccc3c2)cc1F. The zero-order chi connectivity index (χ0) is 19.1. The molecule has 0 aliphatic carbocycles. The summed E-state index contributed by atoms with van der Waals surface area (Å²) in [6, 6.07) is 18.7. The van der Waals surface area contributed by atoms with Crippen LogP contribution in [0.5, 0.6) is 0 Å². The Labute approximate surface area is 161 Å². The zero-order valence-electron chi connectivity index (χ0n) is 15.1. The van der Waals surface area contributed by atoms with Crippen molar-refractivity contribution in [1.82, 2.24) is 14.9 Å². The van der Waals surface area contributed by atoms with Gasteiger partial charge in [-0.1, -0.05) is 30.3 Å². The third-order valence-electron chi connectivity index (χ3n) is 5.27. The van der Waals surface area contributed by atoms with Gasteiger partial charge in [0.25, 0.3) is 0 Å². The van der Waals surface area contributed by atoms with Gasteiger partial charge in [0.15, 0.2) is 0 Å². The van der Waals surface area contributed by atoms with E-state index in [0.717, 1.165) is 33.3 Å². The highest BCUT2D eigenvalue weighted by Gasteiger charge is 2.29. The molecule has 0 saturated carbocycles. The largest absolute Gasteiger partial charge is 0.374 e. The maximum atomic E-state index is 14.8. The van der Waals surface area contributed by atoms with Crippen molar-refractivity contribution in [2.45, 2.75) is 19.3 Å². The molecule has 0 fully saturated rings. The van der Waals surface area contributed by atoms with E-state index in [-0.39, 0.29) is 5.82 Å². The molecule has 2 aromatic heterocycles. The molecule has 1 aliphatic rings. The lowest BCUT2D eigenvalue weighted by molar-refractivity contribution is 0.00695. The predicted molar refractivity (Wildman–Crippen MR) is 106 cm³/mol. The van der Waals surface area contributed by atoms with Crippen LogP contribution in [0.2, 0.25) is 0 Å². The Bertz CT molecular complexity index is 1180. The number of halogens is 1. The van der Waals surface area contributed by atoms with Crippen LogP contribution in [0.15, 0.2) is 73.1 Å². The second-order valence-corrected chi connectivity index (χ2v) is 7.04. The minimum absolute atomic E-state index is 0.278. The van der Waals surface area contributed by atoms with E-state index in [1.54, 1.807) is 30.6 Å². The van der Waals surface area contributed by atoms with E-state index in [4.69, 9.17) is 0 Å². The third kappa shape index (κ3) is 2.95. The highest BCUT2D eigenvalue weighted by Crippen LogP contribution is 2.32. The molecule has 1 atom stereocenters. The fraction of sp³-hybridized carbons (Fsp3) is 0.130. The van der Waals surface area contributed by atoms with Crippen LogP contribution in [0.4, 0.5) is 4.39 Å². The number of hydrogen-bond acceptors (Lipinski definition) is 4. The summed E-state index contributed by atoms with van der Waals surface area (Å²) >= 11 is 0. The molecule has 0 saturated heterocycles. The van der Waals surface area contributed by atoms with Crippen molar-refractivity contribution >= 4 is 10.9 Å². The predicted octanol–water partition coefficient (Wildman–Crippen LogP) is 4.44. The monoisotopic (exact) mass is 371 g/mol. The van der Waals surface area contributed by atoms with Crippen molar-refractivity contribution in [2.24, 2.45) is 0 Å². The van der Waals surface area contributed by atoms with Gasteiger partial charge in [-0.15, -0.1) is 0 Å². The van der Waals surface area contributed by atoms with E-state index >= 15 is 0 Å². The molecule has 5 rings (SSSR count). The number of hydrogen-bond donors (Lipinski definition) is 1. The quantitative estimate of drug-likeness (QED) is 0.578. The van der Waals surface area contributed by atoms with Crippen LogP contribution in [0.3, 0.4) is 0 Å². The summed E-state index contributed by atoms with van der Waals surface area (Å²) in [6.07, 6.45) is 2.72. The molecular weight excluding hydrogens is 353 g/mol. The summed E-state index contributed by atoms with van der Waals surface area (Å²) in [4.78, 5) is 10.4. The fourth-order valence-electron chi connectivity index (χ4n) is 3.76. The summed E-state index contributed by atoms with van der Waals surface area (Å²) in [5, 5.41) is 11.5. The van der Waals surface area contributed by atoms with E-state index < -0.39 is 6.23 Å². The smallest absolute Gasteiger partial charge is 0.136 e. The number of rotatable bonds is 3. The molecule has 1 aliphatic heterocycles. The first-order valence-electron chi connectivity index (χ1n) is 9.18. The van der Waals surface area contributed by atoms with Gasteiger partial charge in [-0.3, -0.25) is 14.9 Å². The fourth-order valence-corrected chi connectivity index (χ4v) is 3.76. The number of benzene rings is 2. The van der Waals surface area contributed by atoms with Gasteiger partial charge in [0, 0.05) is 42.0 Å².